The van der Waals surface area contributed by atoms with Gasteiger partial charge in [-0.15, -0.1) is 0 Å². The van der Waals surface area contributed by atoms with Gasteiger partial charge in [-0.05, 0) is 29.1 Å². The number of amides is 1. The van der Waals surface area contributed by atoms with E-state index in [0.29, 0.717) is 22.9 Å². The highest BCUT2D eigenvalue weighted by Crippen LogP contribution is 2.24. The number of hydrogen-bond acceptors (Lipinski definition) is 3. The molecule has 0 fully saturated rings. The quantitative estimate of drug-likeness (QED) is 0.933. The number of ether oxygens (including phenoxy) is 1. The number of halogens is 1. The maximum atomic E-state index is 11.7. The van der Waals surface area contributed by atoms with Gasteiger partial charge in [0.15, 0.2) is 0 Å². The molecule has 2 aromatic rings. The van der Waals surface area contributed by atoms with Gasteiger partial charge in [-0.2, -0.15) is 11.3 Å². The summed E-state index contributed by atoms with van der Waals surface area (Å²) in [5.74, 6) is 0.549. The zero-order chi connectivity index (χ0) is 13.0. The van der Waals surface area contributed by atoms with Crippen LogP contribution < -0.4 is 10.1 Å². The van der Waals surface area contributed by atoms with Crippen LogP contribution in [0.5, 0.6) is 5.75 Å². The van der Waals surface area contributed by atoms with Crippen LogP contribution in [-0.2, 0) is 6.54 Å². The van der Waals surface area contributed by atoms with Crippen molar-refractivity contribution in [2.75, 3.05) is 7.11 Å². The monoisotopic (exact) mass is 281 g/mol. The van der Waals surface area contributed by atoms with E-state index in [2.05, 4.69) is 5.32 Å². The highest BCUT2D eigenvalue weighted by atomic mass is 35.5. The Hall–Kier alpha value is -1.52. The minimum Gasteiger partial charge on any atom is -0.495 e. The van der Waals surface area contributed by atoms with Crippen molar-refractivity contribution in [3.63, 3.8) is 0 Å². The van der Waals surface area contributed by atoms with Crippen LogP contribution in [0.25, 0.3) is 0 Å². The van der Waals surface area contributed by atoms with Crippen molar-refractivity contribution in [2.45, 2.75) is 6.54 Å². The molecular formula is C13H12ClNO2S. The summed E-state index contributed by atoms with van der Waals surface area (Å²) in [7, 11) is 1.57. The molecule has 5 heteroatoms. The zero-order valence-electron chi connectivity index (χ0n) is 9.77. The summed E-state index contributed by atoms with van der Waals surface area (Å²) >= 11 is 7.51. The van der Waals surface area contributed by atoms with Crippen LogP contribution >= 0.6 is 22.9 Å². The second-order valence-electron chi connectivity index (χ2n) is 3.66. The molecule has 0 atom stereocenters. The van der Waals surface area contributed by atoms with Gasteiger partial charge in [-0.3, -0.25) is 4.79 Å². The fraction of sp³-hybridized carbons (Fsp3) is 0.154. The molecule has 0 saturated heterocycles. The predicted octanol–water partition coefficient (Wildman–Crippen LogP) is 3.34. The van der Waals surface area contributed by atoms with E-state index in [1.165, 1.54) is 11.3 Å². The van der Waals surface area contributed by atoms with Crippen molar-refractivity contribution < 1.29 is 9.53 Å². The molecule has 1 heterocycles. The summed E-state index contributed by atoms with van der Waals surface area (Å²) in [6, 6.07) is 7.24. The van der Waals surface area contributed by atoms with E-state index >= 15 is 0 Å². The average Bonchev–Trinajstić information content (AvgIpc) is 2.90. The lowest BCUT2D eigenvalue weighted by atomic mass is 10.2. The summed E-state index contributed by atoms with van der Waals surface area (Å²) in [6.07, 6.45) is 0. The Kier molecular flexibility index (Phi) is 4.23. The van der Waals surface area contributed by atoms with Crippen LogP contribution in [0.4, 0.5) is 0 Å². The summed E-state index contributed by atoms with van der Waals surface area (Å²) in [5.41, 5.74) is 1.61. The molecule has 0 aliphatic heterocycles. The Labute approximate surface area is 114 Å². The van der Waals surface area contributed by atoms with Gasteiger partial charge in [-0.1, -0.05) is 17.7 Å². The van der Waals surface area contributed by atoms with Crippen LogP contribution in [0.2, 0.25) is 5.02 Å². The van der Waals surface area contributed by atoms with E-state index in [-0.39, 0.29) is 5.91 Å². The molecule has 0 radical (unpaired) electrons. The van der Waals surface area contributed by atoms with Gasteiger partial charge in [-0.25, -0.2) is 0 Å². The predicted molar refractivity (Wildman–Crippen MR) is 73.5 cm³/mol. The number of rotatable bonds is 4. The number of hydrogen-bond donors (Lipinski definition) is 1. The minimum atomic E-state index is -0.0804. The van der Waals surface area contributed by atoms with E-state index in [9.17, 15) is 4.79 Å². The largest absolute Gasteiger partial charge is 0.495 e. The number of methoxy groups -OCH3 is 1. The molecule has 0 aliphatic rings. The number of thiophene rings is 1. The van der Waals surface area contributed by atoms with Gasteiger partial charge in [0.2, 0.25) is 0 Å². The van der Waals surface area contributed by atoms with Crippen molar-refractivity contribution in [2.24, 2.45) is 0 Å². The molecule has 18 heavy (non-hydrogen) atoms. The maximum absolute atomic E-state index is 11.7. The molecule has 94 valence electrons. The van der Waals surface area contributed by atoms with Crippen LogP contribution in [0.15, 0.2) is 35.0 Å². The lowest BCUT2D eigenvalue weighted by Gasteiger charge is -2.07. The number of carbonyl (C=O) groups excluding carboxylic acids is 1. The molecule has 0 unspecified atom stereocenters. The first-order valence-corrected chi connectivity index (χ1v) is 6.65. The molecule has 3 nitrogen and oxygen atoms in total. The van der Waals surface area contributed by atoms with Gasteiger partial charge in [0.25, 0.3) is 5.91 Å². The smallest absolute Gasteiger partial charge is 0.252 e. The lowest BCUT2D eigenvalue weighted by molar-refractivity contribution is 0.0951. The summed E-state index contributed by atoms with van der Waals surface area (Å²) in [4.78, 5) is 11.7. The fourth-order valence-electron chi connectivity index (χ4n) is 1.50. The molecule has 0 aliphatic carbocycles. The van der Waals surface area contributed by atoms with Gasteiger partial charge in [0.05, 0.1) is 12.1 Å². The first-order chi connectivity index (χ1) is 8.70. The zero-order valence-corrected chi connectivity index (χ0v) is 11.3. The third-order valence-electron chi connectivity index (χ3n) is 2.45. The summed E-state index contributed by atoms with van der Waals surface area (Å²) < 4.78 is 5.07. The van der Waals surface area contributed by atoms with Crippen molar-refractivity contribution in [3.05, 3.63) is 51.2 Å². The SMILES string of the molecule is COc1ccc(CNC(=O)c2ccsc2)cc1Cl. The first kappa shape index (κ1) is 12.9. The molecule has 1 aromatic carbocycles. The Bertz CT molecular complexity index is 540. The third kappa shape index (κ3) is 3.03. The van der Waals surface area contributed by atoms with Crippen molar-refractivity contribution in [1.29, 1.82) is 0 Å². The number of benzene rings is 1. The molecule has 2 rings (SSSR count). The van der Waals surface area contributed by atoms with E-state index in [0.717, 1.165) is 5.56 Å². The normalized spacial score (nSPS) is 10.1. The van der Waals surface area contributed by atoms with Crippen molar-refractivity contribution in [1.82, 2.24) is 5.32 Å². The van der Waals surface area contributed by atoms with Gasteiger partial charge in [0, 0.05) is 17.5 Å². The first-order valence-electron chi connectivity index (χ1n) is 5.33. The minimum absolute atomic E-state index is 0.0804. The highest BCUT2D eigenvalue weighted by molar-refractivity contribution is 7.08. The fourth-order valence-corrected chi connectivity index (χ4v) is 2.41. The standard InChI is InChI=1S/C13H12ClNO2S/c1-17-12-3-2-9(6-11(12)14)7-15-13(16)10-4-5-18-8-10/h2-6,8H,7H2,1H3,(H,15,16). The van der Waals surface area contributed by atoms with Crippen molar-refractivity contribution in [3.8, 4) is 5.75 Å². The summed E-state index contributed by atoms with van der Waals surface area (Å²) in [6.45, 7) is 0.443. The third-order valence-corrected chi connectivity index (χ3v) is 3.43. The Morgan fingerprint density at radius 2 is 2.28 bits per heavy atom. The molecule has 1 N–H and O–H groups in total. The molecule has 0 bridgehead atoms. The van der Waals surface area contributed by atoms with E-state index < -0.39 is 0 Å². The van der Waals surface area contributed by atoms with E-state index in [4.69, 9.17) is 16.3 Å². The van der Waals surface area contributed by atoms with E-state index in [1.807, 2.05) is 16.8 Å². The Morgan fingerprint density at radius 1 is 1.44 bits per heavy atom. The van der Waals surface area contributed by atoms with Crippen LogP contribution in [0, 0.1) is 0 Å². The molecule has 1 aromatic heterocycles. The average molecular weight is 282 g/mol. The summed E-state index contributed by atoms with van der Waals surface area (Å²) in [5, 5.41) is 7.07. The second-order valence-corrected chi connectivity index (χ2v) is 4.85. The molecule has 0 saturated carbocycles. The second kappa shape index (κ2) is 5.89. The van der Waals surface area contributed by atoms with Gasteiger partial charge >= 0.3 is 0 Å². The lowest BCUT2D eigenvalue weighted by Crippen LogP contribution is -2.22. The Morgan fingerprint density at radius 3 is 2.89 bits per heavy atom. The van der Waals surface area contributed by atoms with Gasteiger partial charge < -0.3 is 10.1 Å². The molecular weight excluding hydrogens is 270 g/mol. The maximum Gasteiger partial charge on any atom is 0.252 e. The van der Waals surface area contributed by atoms with Crippen LogP contribution in [-0.4, -0.2) is 13.0 Å². The van der Waals surface area contributed by atoms with E-state index in [1.54, 1.807) is 25.3 Å². The van der Waals surface area contributed by atoms with Crippen LogP contribution in [0.3, 0.4) is 0 Å². The number of nitrogens with one attached hydrogen (secondary N) is 1. The highest BCUT2D eigenvalue weighted by Gasteiger charge is 2.06. The Balaban J connectivity index is 1.98. The molecule has 0 spiro atoms. The van der Waals surface area contributed by atoms with Crippen molar-refractivity contribution >= 4 is 28.8 Å². The van der Waals surface area contributed by atoms with Gasteiger partial charge in [0.1, 0.15) is 5.75 Å². The number of carbonyl (C=O) groups is 1. The van der Waals surface area contributed by atoms with Crippen LogP contribution in [0.1, 0.15) is 15.9 Å². The molecule has 1 amide bonds. The topological polar surface area (TPSA) is 38.3 Å².